The molecule has 0 aliphatic heterocycles. The van der Waals surface area contributed by atoms with Crippen LogP contribution < -0.4 is 0 Å². The summed E-state index contributed by atoms with van der Waals surface area (Å²) >= 11 is 12.5. The quantitative estimate of drug-likeness (QED) is 0.599. The summed E-state index contributed by atoms with van der Waals surface area (Å²) in [6.07, 6.45) is 4.34. The van der Waals surface area contributed by atoms with Crippen molar-refractivity contribution in [2.45, 2.75) is 37.5 Å². The van der Waals surface area contributed by atoms with E-state index in [1.165, 1.54) is 5.56 Å². The molecule has 1 fully saturated rings. The number of aliphatic hydroxyl groups is 1. The fourth-order valence-electron chi connectivity index (χ4n) is 3.78. The van der Waals surface area contributed by atoms with E-state index in [1.54, 1.807) is 0 Å². The van der Waals surface area contributed by atoms with E-state index in [0.717, 1.165) is 41.4 Å². The molecule has 0 atom stereocenters. The minimum atomic E-state index is -0.218. The van der Waals surface area contributed by atoms with Crippen LogP contribution in [0.5, 0.6) is 0 Å². The second-order valence-corrected chi connectivity index (χ2v) is 8.02. The van der Waals surface area contributed by atoms with Crippen LogP contribution in [0.25, 0.3) is 11.3 Å². The van der Waals surface area contributed by atoms with Crippen LogP contribution in [0.1, 0.15) is 42.8 Å². The number of hydrogen-bond donors (Lipinski definition) is 1. The third-order valence-corrected chi connectivity index (χ3v) is 6.07. The van der Waals surface area contributed by atoms with Crippen molar-refractivity contribution >= 4 is 23.2 Å². The zero-order chi connectivity index (χ0) is 19.6. The summed E-state index contributed by atoms with van der Waals surface area (Å²) < 4.78 is 0. The number of aryl methyl sites for hydroxylation is 1. The third-order valence-electron chi connectivity index (χ3n) is 5.49. The van der Waals surface area contributed by atoms with E-state index in [9.17, 15) is 5.11 Å². The Hall–Kier alpha value is -2.01. The second-order valence-electron chi connectivity index (χ2n) is 7.18. The molecule has 1 saturated carbocycles. The summed E-state index contributed by atoms with van der Waals surface area (Å²) in [6, 6.07) is 15.5. The molecule has 4 nitrogen and oxygen atoms in total. The van der Waals surface area contributed by atoms with Crippen LogP contribution in [0.4, 0.5) is 0 Å². The van der Waals surface area contributed by atoms with Gasteiger partial charge in [-0.3, -0.25) is 0 Å². The molecule has 0 radical (unpaired) electrons. The average Bonchev–Trinajstić information content (AvgIpc) is 2.68. The molecule has 4 rings (SSSR count). The zero-order valence-electron chi connectivity index (χ0n) is 15.4. The molecule has 1 aliphatic carbocycles. The average molecular weight is 414 g/mol. The van der Waals surface area contributed by atoms with Crippen LogP contribution >= 0.6 is 23.2 Å². The number of aliphatic hydroxyl groups excluding tert-OH is 1. The minimum Gasteiger partial charge on any atom is -0.396 e. The molecule has 0 bridgehead atoms. The summed E-state index contributed by atoms with van der Waals surface area (Å²) in [6.45, 7) is 0.101. The SMILES string of the molecule is OCCCc1nc(C2(c3ccc(Cl)cc3)CCC2)nnc1-c1ccccc1Cl. The summed E-state index contributed by atoms with van der Waals surface area (Å²) in [5.74, 6) is 0.741. The Morgan fingerprint density at radius 2 is 1.71 bits per heavy atom. The summed E-state index contributed by atoms with van der Waals surface area (Å²) in [7, 11) is 0. The first kappa shape index (κ1) is 19.3. The molecule has 1 heterocycles. The Bertz CT molecular complexity index is 972. The van der Waals surface area contributed by atoms with E-state index >= 15 is 0 Å². The predicted molar refractivity (Wildman–Crippen MR) is 112 cm³/mol. The molecule has 0 spiro atoms. The van der Waals surface area contributed by atoms with Crippen LogP contribution in [0.3, 0.4) is 0 Å². The Morgan fingerprint density at radius 3 is 2.36 bits per heavy atom. The monoisotopic (exact) mass is 413 g/mol. The Morgan fingerprint density at radius 1 is 0.964 bits per heavy atom. The largest absolute Gasteiger partial charge is 0.396 e. The van der Waals surface area contributed by atoms with Crippen LogP contribution in [-0.4, -0.2) is 26.9 Å². The molecule has 0 saturated heterocycles. The van der Waals surface area contributed by atoms with Gasteiger partial charge in [0, 0.05) is 17.2 Å². The van der Waals surface area contributed by atoms with Gasteiger partial charge in [-0.25, -0.2) is 4.98 Å². The Kier molecular flexibility index (Phi) is 5.63. The van der Waals surface area contributed by atoms with Crippen LogP contribution in [0.15, 0.2) is 48.5 Å². The number of hydrogen-bond acceptors (Lipinski definition) is 4. The highest BCUT2D eigenvalue weighted by molar-refractivity contribution is 6.33. The molecule has 6 heteroatoms. The number of benzene rings is 2. The molecule has 144 valence electrons. The van der Waals surface area contributed by atoms with E-state index in [-0.39, 0.29) is 12.0 Å². The first-order chi connectivity index (χ1) is 13.6. The van der Waals surface area contributed by atoms with E-state index in [4.69, 9.17) is 28.2 Å². The fraction of sp³-hybridized carbons (Fsp3) is 0.318. The van der Waals surface area contributed by atoms with Crippen molar-refractivity contribution < 1.29 is 5.11 Å². The van der Waals surface area contributed by atoms with E-state index < -0.39 is 0 Å². The highest BCUT2D eigenvalue weighted by atomic mass is 35.5. The standard InChI is InChI=1S/C22H21Cl2N3O/c23-16-10-8-15(9-11-16)22(12-4-13-22)21-25-19(7-3-14-28)20(26-27-21)17-5-1-2-6-18(17)24/h1-2,5-6,8-11,28H,3-4,7,12-14H2. The zero-order valence-corrected chi connectivity index (χ0v) is 16.9. The second kappa shape index (κ2) is 8.16. The molecule has 28 heavy (non-hydrogen) atoms. The van der Waals surface area contributed by atoms with E-state index in [2.05, 4.69) is 22.3 Å². The van der Waals surface area contributed by atoms with E-state index in [1.807, 2.05) is 36.4 Å². The predicted octanol–water partition coefficient (Wildman–Crippen LogP) is 5.24. The van der Waals surface area contributed by atoms with Gasteiger partial charge in [0.05, 0.1) is 16.1 Å². The van der Waals surface area contributed by atoms with Crippen LogP contribution in [0.2, 0.25) is 10.0 Å². The molecule has 0 amide bonds. The van der Waals surface area contributed by atoms with Gasteiger partial charge in [0.1, 0.15) is 5.69 Å². The van der Waals surface area contributed by atoms with Gasteiger partial charge >= 0.3 is 0 Å². The lowest BCUT2D eigenvalue weighted by molar-refractivity contribution is 0.279. The maximum absolute atomic E-state index is 9.33. The Labute approximate surface area is 174 Å². The lowest BCUT2D eigenvalue weighted by Crippen LogP contribution is -2.38. The van der Waals surface area contributed by atoms with Gasteiger partial charge in [0.2, 0.25) is 0 Å². The van der Waals surface area contributed by atoms with Crippen molar-refractivity contribution in [3.8, 4) is 11.3 Å². The van der Waals surface area contributed by atoms with Gasteiger partial charge in [-0.2, -0.15) is 0 Å². The van der Waals surface area contributed by atoms with Crippen molar-refractivity contribution in [3.05, 3.63) is 75.7 Å². The third kappa shape index (κ3) is 3.52. The highest BCUT2D eigenvalue weighted by Crippen LogP contribution is 2.48. The maximum atomic E-state index is 9.33. The normalized spacial score (nSPS) is 15.2. The maximum Gasteiger partial charge on any atom is 0.161 e. The van der Waals surface area contributed by atoms with Crippen molar-refractivity contribution in [1.82, 2.24) is 15.2 Å². The molecule has 1 N–H and O–H groups in total. The summed E-state index contributed by atoms with van der Waals surface area (Å²) in [4.78, 5) is 4.94. The molecular formula is C22H21Cl2N3O. The molecule has 2 aromatic carbocycles. The first-order valence-corrected chi connectivity index (χ1v) is 10.3. The fourth-order valence-corrected chi connectivity index (χ4v) is 4.14. The van der Waals surface area contributed by atoms with Crippen molar-refractivity contribution in [3.63, 3.8) is 0 Å². The van der Waals surface area contributed by atoms with Gasteiger partial charge in [-0.15, -0.1) is 10.2 Å². The van der Waals surface area contributed by atoms with Crippen molar-refractivity contribution in [2.24, 2.45) is 0 Å². The number of aromatic nitrogens is 3. The number of halogens is 2. The minimum absolute atomic E-state index is 0.101. The van der Waals surface area contributed by atoms with Crippen molar-refractivity contribution in [2.75, 3.05) is 6.61 Å². The first-order valence-electron chi connectivity index (χ1n) is 9.50. The molecule has 3 aromatic rings. The summed E-state index contributed by atoms with van der Waals surface area (Å²) in [5.41, 5.74) is 3.28. The lowest BCUT2D eigenvalue weighted by Gasteiger charge is -2.40. The van der Waals surface area contributed by atoms with Gasteiger partial charge in [-0.1, -0.05) is 60.0 Å². The molecular weight excluding hydrogens is 393 g/mol. The van der Waals surface area contributed by atoms with Gasteiger partial charge in [0.25, 0.3) is 0 Å². The van der Waals surface area contributed by atoms with E-state index in [0.29, 0.717) is 23.6 Å². The smallest absolute Gasteiger partial charge is 0.161 e. The Balaban J connectivity index is 1.80. The van der Waals surface area contributed by atoms with Crippen molar-refractivity contribution in [1.29, 1.82) is 0 Å². The van der Waals surface area contributed by atoms with Crippen LogP contribution in [0, 0.1) is 0 Å². The molecule has 1 aliphatic rings. The molecule has 0 unspecified atom stereocenters. The summed E-state index contributed by atoms with van der Waals surface area (Å²) in [5, 5.41) is 19.8. The lowest BCUT2D eigenvalue weighted by atomic mass is 9.64. The van der Waals surface area contributed by atoms with Gasteiger partial charge in [0.15, 0.2) is 5.82 Å². The topological polar surface area (TPSA) is 58.9 Å². The van der Waals surface area contributed by atoms with Gasteiger partial charge in [-0.05, 0) is 49.4 Å². The highest BCUT2D eigenvalue weighted by Gasteiger charge is 2.43. The van der Waals surface area contributed by atoms with Crippen LogP contribution in [-0.2, 0) is 11.8 Å². The number of rotatable bonds is 6. The molecule has 1 aromatic heterocycles. The van der Waals surface area contributed by atoms with Gasteiger partial charge < -0.3 is 5.11 Å². The number of nitrogens with zero attached hydrogens (tertiary/aromatic N) is 3.